The Balaban J connectivity index is 1.71. The van der Waals surface area contributed by atoms with Crippen LogP contribution in [-0.2, 0) is 9.47 Å². The van der Waals surface area contributed by atoms with Crippen LogP contribution in [0, 0.1) is 0 Å². The van der Waals surface area contributed by atoms with E-state index in [0.29, 0.717) is 12.5 Å². The van der Waals surface area contributed by atoms with Gasteiger partial charge in [0.05, 0.1) is 12.7 Å². The van der Waals surface area contributed by atoms with E-state index in [0.717, 1.165) is 64.8 Å². The summed E-state index contributed by atoms with van der Waals surface area (Å²) in [6.45, 7) is 2.46. The third-order valence-electron chi connectivity index (χ3n) is 5.77. The molecule has 0 N–H and O–H groups in total. The summed E-state index contributed by atoms with van der Waals surface area (Å²) in [6.07, 6.45) is 10.1. The molecule has 1 aliphatic heterocycles. The van der Waals surface area contributed by atoms with E-state index >= 15 is 0 Å². The summed E-state index contributed by atoms with van der Waals surface area (Å²) in [5, 5.41) is 0. The van der Waals surface area contributed by atoms with E-state index < -0.39 is 18.5 Å². The maximum absolute atomic E-state index is 12.7. The predicted octanol–water partition coefficient (Wildman–Crippen LogP) is 8.23. The Morgan fingerprint density at radius 3 is 1.57 bits per heavy atom. The van der Waals surface area contributed by atoms with Gasteiger partial charge >= 0.3 is 12.1 Å². The van der Waals surface area contributed by atoms with E-state index in [1.54, 1.807) is 0 Å². The fourth-order valence-corrected chi connectivity index (χ4v) is 3.80. The number of hydrogen-bond donors (Lipinski definition) is 0. The molecule has 0 saturated carbocycles. The molecule has 0 aromatic heterocycles. The van der Waals surface area contributed by atoms with Crippen LogP contribution in [0.1, 0.15) is 109 Å². The van der Waals surface area contributed by atoms with Crippen molar-refractivity contribution in [2.24, 2.45) is 0 Å². The molecule has 30 heavy (non-hydrogen) atoms. The van der Waals surface area contributed by atoms with E-state index in [1.807, 2.05) is 0 Å². The molecule has 0 aromatic carbocycles. The summed E-state index contributed by atoms with van der Waals surface area (Å²) in [7, 11) is 0. The van der Waals surface area contributed by atoms with Crippen LogP contribution in [0.5, 0.6) is 0 Å². The van der Waals surface area contributed by atoms with Crippen molar-refractivity contribution in [2.75, 3.05) is 19.8 Å². The highest BCUT2D eigenvalue weighted by Crippen LogP contribution is 2.39. The fraction of sp³-hybridized carbons (Fsp3) is 1.00. The monoisotopic (exact) mass is 444 g/mol. The normalized spacial score (nSPS) is 17.7. The lowest BCUT2D eigenvalue weighted by molar-refractivity contribution is -0.284. The lowest BCUT2D eigenvalue weighted by atomic mass is 10.0. The van der Waals surface area contributed by atoms with Gasteiger partial charge in [0.25, 0.3) is 0 Å². The molecule has 0 bridgehead atoms. The SMILES string of the molecule is FC(F)(F)C(F)(F)CCCCCCCCCCCCCCCCOCC1CCCO1. The topological polar surface area (TPSA) is 18.5 Å². The quantitative estimate of drug-likeness (QED) is 0.148. The molecule has 1 unspecified atom stereocenters. The highest BCUT2D eigenvalue weighted by atomic mass is 19.4. The first-order chi connectivity index (χ1) is 14.3. The van der Waals surface area contributed by atoms with E-state index in [1.165, 1.54) is 44.9 Å². The van der Waals surface area contributed by atoms with Gasteiger partial charge in [-0.05, 0) is 25.7 Å². The number of alkyl halides is 5. The second kappa shape index (κ2) is 16.2. The summed E-state index contributed by atoms with van der Waals surface area (Å²) >= 11 is 0. The first kappa shape index (κ1) is 27.6. The van der Waals surface area contributed by atoms with Gasteiger partial charge in [-0.25, -0.2) is 0 Å². The molecule has 0 spiro atoms. The van der Waals surface area contributed by atoms with Crippen LogP contribution in [0.2, 0.25) is 0 Å². The molecule has 1 saturated heterocycles. The van der Waals surface area contributed by atoms with Gasteiger partial charge in [-0.2, -0.15) is 22.0 Å². The molecule has 0 aliphatic carbocycles. The Morgan fingerprint density at radius 2 is 1.13 bits per heavy atom. The largest absolute Gasteiger partial charge is 0.453 e. The van der Waals surface area contributed by atoms with Gasteiger partial charge in [0.1, 0.15) is 0 Å². The molecule has 1 heterocycles. The zero-order valence-corrected chi connectivity index (χ0v) is 18.4. The van der Waals surface area contributed by atoms with E-state index in [4.69, 9.17) is 9.47 Å². The third kappa shape index (κ3) is 13.8. The van der Waals surface area contributed by atoms with Gasteiger partial charge in [-0.3, -0.25) is 0 Å². The van der Waals surface area contributed by atoms with E-state index in [9.17, 15) is 22.0 Å². The lowest BCUT2D eigenvalue weighted by Crippen LogP contribution is -2.36. The molecule has 1 rings (SSSR count). The Hall–Kier alpha value is -0.430. The average molecular weight is 445 g/mol. The fourth-order valence-electron chi connectivity index (χ4n) is 3.80. The minimum absolute atomic E-state index is 0.0619. The number of rotatable bonds is 19. The third-order valence-corrected chi connectivity index (χ3v) is 5.77. The van der Waals surface area contributed by atoms with Crippen molar-refractivity contribution in [3.63, 3.8) is 0 Å². The minimum Gasteiger partial charge on any atom is -0.379 e. The molecule has 0 amide bonds. The average Bonchev–Trinajstić information content (AvgIpc) is 3.19. The standard InChI is InChI=1S/C23H41F5O2/c24-22(25,23(26,27)28)17-13-11-9-7-5-3-1-2-4-6-8-10-12-14-18-29-20-21-16-15-19-30-21/h21H,1-20H2. The number of ether oxygens (including phenoxy) is 2. The molecule has 1 aliphatic rings. The maximum Gasteiger partial charge on any atom is 0.453 e. The molecule has 0 radical (unpaired) electrons. The highest BCUT2D eigenvalue weighted by Gasteiger charge is 2.56. The first-order valence-electron chi connectivity index (χ1n) is 12.0. The van der Waals surface area contributed by atoms with Crippen LogP contribution in [0.25, 0.3) is 0 Å². The van der Waals surface area contributed by atoms with Crippen molar-refractivity contribution in [2.45, 2.75) is 127 Å². The van der Waals surface area contributed by atoms with E-state index in [2.05, 4.69) is 0 Å². The highest BCUT2D eigenvalue weighted by molar-refractivity contribution is 4.75. The van der Waals surface area contributed by atoms with Crippen molar-refractivity contribution < 1.29 is 31.4 Å². The Labute approximate surface area is 179 Å². The Morgan fingerprint density at radius 1 is 0.667 bits per heavy atom. The van der Waals surface area contributed by atoms with Crippen molar-refractivity contribution in [3.05, 3.63) is 0 Å². The Kier molecular flexibility index (Phi) is 14.9. The zero-order chi connectivity index (χ0) is 22.1. The van der Waals surface area contributed by atoms with Crippen LogP contribution >= 0.6 is 0 Å². The van der Waals surface area contributed by atoms with Gasteiger partial charge < -0.3 is 9.47 Å². The van der Waals surface area contributed by atoms with Gasteiger partial charge in [0, 0.05) is 19.6 Å². The zero-order valence-electron chi connectivity index (χ0n) is 18.4. The van der Waals surface area contributed by atoms with Crippen LogP contribution < -0.4 is 0 Å². The summed E-state index contributed by atoms with van der Waals surface area (Å²) in [6, 6.07) is 0. The summed E-state index contributed by atoms with van der Waals surface area (Å²) in [5.74, 6) is -4.54. The second-order valence-electron chi connectivity index (χ2n) is 8.61. The van der Waals surface area contributed by atoms with Crippen LogP contribution in [0.4, 0.5) is 22.0 Å². The van der Waals surface area contributed by atoms with Gasteiger partial charge in [0.2, 0.25) is 0 Å². The maximum atomic E-state index is 12.7. The minimum atomic E-state index is -5.41. The number of hydrogen-bond acceptors (Lipinski definition) is 2. The first-order valence-corrected chi connectivity index (χ1v) is 12.0. The molecule has 1 atom stereocenters. The summed E-state index contributed by atoms with van der Waals surface area (Å²) < 4.78 is 72.8. The van der Waals surface area contributed by atoms with Crippen molar-refractivity contribution in [3.8, 4) is 0 Å². The molecule has 0 aromatic rings. The molecule has 1 fully saturated rings. The van der Waals surface area contributed by atoms with Crippen molar-refractivity contribution in [1.29, 1.82) is 0 Å². The van der Waals surface area contributed by atoms with Gasteiger partial charge in [0.15, 0.2) is 0 Å². The van der Waals surface area contributed by atoms with Crippen molar-refractivity contribution in [1.82, 2.24) is 0 Å². The van der Waals surface area contributed by atoms with Crippen LogP contribution in [0.15, 0.2) is 0 Å². The molecule has 7 heteroatoms. The molecule has 2 nitrogen and oxygen atoms in total. The van der Waals surface area contributed by atoms with Gasteiger partial charge in [-0.1, -0.05) is 77.0 Å². The summed E-state index contributed by atoms with van der Waals surface area (Å²) in [5.41, 5.74) is 0. The second-order valence-corrected chi connectivity index (χ2v) is 8.61. The number of halogens is 5. The smallest absolute Gasteiger partial charge is 0.379 e. The van der Waals surface area contributed by atoms with Crippen molar-refractivity contribution >= 4 is 0 Å². The predicted molar refractivity (Wildman–Crippen MR) is 110 cm³/mol. The van der Waals surface area contributed by atoms with Crippen LogP contribution in [-0.4, -0.2) is 38.0 Å². The van der Waals surface area contributed by atoms with E-state index in [-0.39, 0.29) is 6.42 Å². The van der Waals surface area contributed by atoms with Crippen LogP contribution in [0.3, 0.4) is 0 Å². The molecular formula is C23H41F5O2. The number of unbranched alkanes of at least 4 members (excludes halogenated alkanes) is 13. The summed E-state index contributed by atoms with van der Waals surface area (Å²) in [4.78, 5) is 0. The lowest BCUT2D eigenvalue weighted by Gasteiger charge is -2.19. The Bertz CT molecular complexity index is 396. The van der Waals surface area contributed by atoms with Gasteiger partial charge in [-0.15, -0.1) is 0 Å². The molecule has 180 valence electrons. The molecular weight excluding hydrogens is 403 g/mol.